The normalized spacial score (nSPS) is 19.8. The Morgan fingerprint density at radius 1 is 1.25 bits per heavy atom. The fraction of sp³-hybridized carbons (Fsp3) is 0.353. The molecule has 1 heterocycles. The van der Waals surface area contributed by atoms with E-state index in [2.05, 4.69) is 16.3 Å². The Morgan fingerprint density at radius 2 is 1.96 bits per heavy atom. The molecule has 0 spiro atoms. The summed E-state index contributed by atoms with van der Waals surface area (Å²) in [4.78, 5) is 24.3. The highest BCUT2D eigenvalue weighted by atomic mass is 16.6. The number of non-ortho nitro benzene ring substituents is 1. The number of ether oxygens (including phenoxy) is 1. The van der Waals surface area contributed by atoms with Gasteiger partial charge in [0.25, 0.3) is 5.69 Å². The van der Waals surface area contributed by atoms with Crippen molar-refractivity contribution in [1.82, 2.24) is 10.2 Å². The first kappa shape index (κ1) is 16.0. The van der Waals surface area contributed by atoms with Crippen LogP contribution < -0.4 is 10.1 Å². The SMILES string of the molecule is O=C(NC1C=CC(N2CCCC2)=CC1)Oc1ccc([N+](=O)[O-])cc1. The molecule has 1 atom stereocenters. The summed E-state index contributed by atoms with van der Waals surface area (Å²) in [6.45, 7) is 2.19. The zero-order chi connectivity index (χ0) is 16.9. The van der Waals surface area contributed by atoms with Crippen molar-refractivity contribution in [2.45, 2.75) is 25.3 Å². The molecule has 0 radical (unpaired) electrons. The van der Waals surface area contributed by atoms with E-state index in [0.29, 0.717) is 0 Å². The second-order valence-corrected chi connectivity index (χ2v) is 5.81. The predicted octanol–water partition coefficient (Wildman–Crippen LogP) is 2.99. The Bertz CT molecular complexity index is 676. The molecule has 2 aliphatic rings. The second-order valence-electron chi connectivity index (χ2n) is 5.81. The van der Waals surface area contributed by atoms with Crippen LogP contribution in [0.4, 0.5) is 10.5 Å². The van der Waals surface area contributed by atoms with Gasteiger partial charge in [-0.15, -0.1) is 0 Å². The van der Waals surface area contributed by atoms with E-state index in [1.807, 2.05) is 12.2 Å². The summed E-state index contributed by atoms with van der Waals surface area (Å²) in [5.74, 6) is 0.270. The van der Waals surface area contributed by atoms with E-state index in [1.165, 1.54) is 42.8 Å². The molecule has 1 N–H and O–H groups in total. The van der Waals surface area contributed by atoms with Gasteiger partial charge in [0.15, 0.2) is 0 Å². The lowest BCUT2D eigenvalue weighted by Crippen LogP contribution is -2.36. The minimum atomic E-state index is -0.573. The van der Waals surface area contributed by atoms with Crippen LogP contribution in [0, 0.1) is 10.1 Å². The lowest BCUT2D eigenvalue weighted by atomic mass is 10.1. The molecule has 0 saturated carbocycles. The molecular weight excluding hydrogens is 310 g/mol. The minimum Gasteiger partial charge on any atom is -0.410 e. The smallest absolute Gasteiger partial charge is 0.410 e. The molecule has 1 unspecified atom stereocenters. The summed E-state index contributed by atoms with van der Waals surface area (Å²) < 4.78 is 5.14. The number of nitro groups is 1. The average molecular weight is 329 g/mol. The van der Waals surface area contributed by atoms with Crippen LogP contribution in [0.1, 0.15) is 19.3 Å². The Morgan fingerprint density at radius 3 is 2.54 bits per heavy atom. The van der Waals surface area contributed by atoms with Crippen LogP contribution in [0.5, 0.6) is 5.75 Å². The molecule has 126 valence electrons. The summed E-state index contributed by atoms with van der Waals surface area (Å²) in [6.07, 6.45) is 8.73. The number of rotatable bonds is 4. The van der Waals surface area contributed by atoms with Crippen molar-refractivity contribution in [1.29, 1.82) is 0 Å². The summed E-state index contributed by atoms with van der Waals surface area (Å²) >= 11 is 0. The van der Waals surface area contributed by atoms with Crippen molar-refractivity contribution >= 4 is 11.8 Å². The third-order valence-electron chi connectivity index (χ3n) is 4.11. The number of benzene rings is 1. The number of carbonyl (C=O) groups excluding carboxylic acids is 1. The average Bonchev–Trinajstić information content (AvgIpc) is 3.10. The monoisotopic (exact) mass is 329 g/mol. The quantitative estimate of drug-likeness (QED) is 0.678. The number of hydrogen-bond donors (Lipinski definition) is 1. The highest BCUT2D eigenvalue weighted by Gasteiger charge is 2.18. The predicted molar refractivity (Wildman–Crippen MR) is 88.7 cm³/mol. The van der Waals surface area contributed by atoms with Crippen LogP contribution in [0.3, 0.4) is 0 Å². The largest absolute Gasteiger partial charge is 0.413 e. The maximum Gasteiger partial charge on any atom is 0.413 e. The number of carbonyl (C=O) groups is 1. The van der Waals surface area contributed by atoms with E-state index in [4.69, 9.17) is 4.74 Å². The van der Waals surface area contributed by atoms with Gasteiger partial charge in [-0.05, 0) is 37.5 Å². The molecule has 1 saturated heterocycles. The fourth-order valence-corrected chi connectivity index (χ4v) is 2.85. The van der Waals surface area contributed by atoms with Crippen LogP contribution >= 0.6 is 0 Å². The number of nitro benzene ring substituents is 1. The van der Waals surface area contributed by atoms with Crippen LogP contribution in [0.2, 0.25) is 0 Å². The first-order chi connectivity index (χ1) is 11.6. The van der Waals surface area contributed by atoms with Gasteiger partial charge in [-0.25, -0.2) is 4.79 Å². The Kier molecular flexibility index (Phi) is 4.79. The molecule has 24 heavy (non-hydrogen) atoms. The molecule has 3 rings (SSSR count). The molecule has 7 nitrogen and oxygen atoms in total. The van der Waals surface area contributed by atoms with Crippen molar-refractivity contribution < 1.29 is 14.5 Å². The standard InChI is InChI=1S/C17H19N3O4/c21-17(24-16-9-7-15(8-10-16)20(22)23)18-13-3-5-14(6-4-13)19-11-1-2-12-19/h3,5-10,13H,1-2,4,11-12H2,(H,18,21). The van der Waals surface area contributed by atoms with Gasteiger partial charge in [0.2, 0.25) is 0 Å². The van der Waals surface area contributed by atoms with Crippen molar-refractivity contribution in [3.05, 3.63) is 58.3 Å². The number of nitrogens with zero attached hydrogens (tertiary/aromatic N) is 2. The molecule has 1 aromatic carbocycles. The molecule has 1 aliphatic carbocycles. The van der Waals surface area contributed by atoms with Gasteiger partial charge in [0.05, 0.1) is 11.0 Å². The molecule has 0 bridgehead atoms. The van der Waals surface area contributed by atoms with E-state index in [0.717, 1.165) is 19.5 Å². The van der Waals surface area contributed by atoms with Gasteiger partial charge in [-0.1, -0.05) is 12.2 Å². The van der Waals surface area contributed by atoms with Gasteiger partial charge in [0.1, 0.15) is 5.75 Å². The molecular formula is C17H19N3O4. The fourth-order valence-electron chi connectivity index (χ4n) is 2.85. The van der Waals surface area contributed by atoms with Crippen LogP contribution in [-0.2, 0) is 0 Å². The summed E-state index contributed by atoms with van der Waals surface area (Å²) in [5.41, 5.74) is 1.17. The zero-order valence-electron chi connectivity index (χ0n) is 13.2. The van der Waals surface area contributed by atoms with E-state index in [1.54, 1.807) is 0 Å². The highest BCUT2D eigenvalue weighted by molar-refractivity contribution is 5.71. The minimum absolute atomic E-state index is 0.0439. The van der Waals surface area contributed by atoms with Crippen LogP contribution in [0.25, 0.3) is 0 Å². The molecule has 7 heteroatoms. The van der Waals surface area contributed by atoms with Gasteiger partial charge >= 0.3 is 6.09 Å². The third kappa shape index (κ3) is 3.92. The Balaban J connectivity index is 1.49. The molecule has 1 fully saturated rings. The number of amides is 1. The summed E-state index contributed by atoms with van der Waals surface area (Å²) in [5, 5.41) is 13.4. The second kappa shape index (κ2) is 7.16. The number of allylic oxidation sites excluding steroid dienone is 1. The first-order valence-electron chi connectivity index (χ1n) is 7.98. The zero-order valence-corrected chi connectivity index (χ0v) is 13.2. The number of hydrogen-bond acceptors (Lipinski definition) is 5. The maximum absolute atomic E-state index is 11.9. The summed E-state index contributed by atoms with van der Waals surface area (Å²) in [6, 6.07) is 5.30. The molecule has 1 amide bonds. The van der Waals surface area contributed by atoms with E-state index < -0.39 is 11.0 Å². The topological polar surface area (TPSA) is 84.7 Å². The van der Waals surface area contributed by atoms with Crippen molar-refractivity contribution in [3.8, 4) is 5.75 Å². The van der Waals surface area contributed by atoms with Gasteiger partial charge in [-0.3, -0.25) is 10.1 Å². The third-order valence-corrected chi connectivity index (χ3v) is 4.11. The van der Waals surface area contributed by atoms with Crippen molar-refractivity contribution in [3.63, 3.8) is 0 Å². The maximum atomic E-state index is 11.9. The van der Waals surface area contributed by atoms with Crippen LogP contribution in [0.15, 0.2) is 48.2 Å². The Hall–Kier alpha value is -2.83. The van der Waals surface area contributed by atoms with Crippen molar-refractivity contribution in [2.24, 2.45) is 0 Å². The van der Waals surface area contributed by atoms with Gasteiger partial charge < -0.3 is 15.0 Å². The van der Waals surface area contributed by atoms with Crippen molar-refractivity contribution in [2.75, 3.05) is 13.1 Å². The summed E-state index contributed by atoms with van der Waals surface area (Å²) in [7, 11) is 0. The van der Waals surface area contributed by atoms with E-state index >= 15 is 0 Å². The molecule has 0 aromatic heterocycles. The lowest BCUT2D eigenvalue weighted by Gasteiger charge is -2.24. The Labute approximate surface area is 139 Å². The number of nitrogens with one attached hydrogen (secondary N) is 1. The van der Waals surface area contributed by atoms with Gasteiger partial charge in [0, 0.05) is 30.9 Å². The highest BCUT2D eigenvalue weighted by Crippen LogP contribution is 2.20. The molecule has 1 aromatic rings. The van der Waals surface area contributed by atoms with Gasteiger partial charge in [-0.2, -0.15) is 0 Å². The first-order valence-corrected chi connectivity index (χ1v) is 7.98. The lowest BCUT2D eigenvalue weighted by molar-refractivity contribution is -0.384. The molecule has 1 aliphatic heterocycles. The number of likely N-dealkylation sites (tertiary alicyclic amines) is 1. The van der Waals surface area contributed by atoms with Crippen LogP contribution in [-0.4, -0.2) is 35.0 Å². The van der Waals surface area contributed by atoms with E-state index in [9.17, 15) is 14.9 Å². The van der Waals surface area contributed by atoms with E-state index in [-0.39, 0.29) is 17.5 Å².